The number of carbonyl (C=O) groups is 4. The highest BCUT2D eigenvalue weighted by Gasteiger charge is 2.32. The number of nitrogens with one attached hydrogen (secondary N) is 3. The topological polar surface area (TPSA) is 163 Å². The highest BCUT2D eigenvalue weighted by Crippen LogP contribution is 2.34. The lowest BCUT2D eigenvalue weighted by Crippen LogP contribution is -2.45. The van der Waals surface area contributed by atoms with Crippen LogP contribution < -0.4 is 30.3 Å². The van der Waals surface area contributed by atoms with Gasteiger partial charge in [0.15, 0.2) is 24.7 Å². The van der Waals surface area contributed by atoms with Crippen LogP contribution >= 0.6 is 15.9 Å². The Labute approximate surface area is 250 Å². The molecule has 0 aromatic heterocycles. The first kappa shape index (κ1) is 31.9. The summed E-state index contributed by atoms with van der Waals surface area (Å²) in [6, 6.07) is 8.62. The zero-order valence-corrected chi connectivity index (χ0v) is 25.0. The minimum absolute atomic E-state index is 0.172. The zero-order chi connectivity index (χ0) is 30.6. The van der Waals surface area contributed by atoms with E-state index in [1.54, 1.807) is 57.2 Å². The summed E-state index contributed by atoms with van der Waals surface area (Å²) in [4.78, 5) is 48.7. The molecule has 3 rings (SSSR count). The van der Waals surface area contributed by atoms with Gasteiger partial charge in [-0.25, -0.2) is 19.8 Å². The van der Waals surface area contributed by atoms with Crippen molar-refractivity contribution >= 4 is 46.0 Å². The molecule has 1 aliphatic heterocycles. The first-order chi connectivity index (χ1) is 20.2. The third kappa shape index (κ3) is 8.70. The van der Waals surface area contributed by atoms with E-state index in [9.17, 15) is 19.2 Å². The Balaban J connectivity index is 1.65. The largest absolute Gasteiger partial charge is 0.493 e. The molecule has 0 aliphatic carbocycles. The van der Waals surface area contributed by atoms with Crippen molar-refractivity contribution in [3.05, 3.63) is 63.3 Å². The van der Waals surface area contributed by atoms with Crippen LogP contribution in [0.5, 0.6) is 17.2 Å². The molecule has 3 amide bonds. The predicted molar refractivity (Wildman–Crippen MR) is 154 cm³/mol. The lowest BCUT2D eigenvalue weighted by atomic mass is 9.95. The highest BCUT2D eigenvalue weighted by atomic mass is 79.9. The molecule has 0 bridgehead atoms. The summed E-state index contributed by atoms with van der Waals surface area (Å²) in [5, 5.41) is 9.24. The Morgan fingerprint density at radius 1 is 1.00 bits per heavy atom. The SMILES string of the molecule is CCOC(=O)COc1ccc(Br)cc1/C=N/NC(=O)COc1ccc([C@H]2NC(=O)NC(C)=C2C(=O)OCC)cc1OC. The Hall–Kier alpha value is -4.59. The van der Waals surface area contributed by atoms with E-state index >= 15 is 0 Å². The van der Waals surface area contributed by atoms with Crippen LogP contribution in [0.1, 0.15) is 37.9 Å². The van der Waals surface area contributed by atoms with Crippen LogP contribution in [0.3, 0.4) is 0 Å². The third-order valence-electron chi connectivity index (χ3n) is 5.66. The minimum atomic E-state index is -0.789. The molecule has 224 valence electrons. The summed E-state index contributed by atoms with van der Waals surface area (Å²) in [7, 11) is 1.42. The molecule has 2 aromatic rings. The van der Waals surface area contributed by atoms with Crippen molar-refractivity contribution in [1.82, 2.24) is 16.1 Å². The number of rotatable bonds is 13. The predicted octanol–water partition coefficient (Wildman–Crippen LogP) is 3.12. The molecule has 0 radical (unpaired) electrons. The molecule has 1 aliphatic rings. The second-order valence-corrected chi connectivity index (χ2v) is 9.47. The summed E-state index contributed by atoms with van der Waals surface area (Å²) in [5.41, 5.74) is 4.04. The number of amides is 3. The maximum Gasteiger partial charge on any atom is 0.344 e. The van der Waals surface area contributed by atoms with Crippen molar-refractivity contribution in [3.63, 3.8) is 0 Å². The first-order valence-corrected chi connectivity index (χ1v) is 13.6. The zero-order valence-electron chi connectivity index (χ0n) is 23.4. The summed E-state index contributed by atoms with van der Waals surface area (Å²) in [6.45, 7) is 4.74. The van der Waals surface area contributed by atoms with Gasteiger partial charge in [-0.1, -0.05) is 22.0 Å². The number of ether oxygens (including phenoxy) is 5. The molecular formula is C28H31BrN4O9. The number of benzene rings is 2. The second kappa shape index (κ2) is 15.4. The van der Waals surface area contributed by atoms with Gasteiger partial charge in [0, 0.05) is 15.7 Å². The lowest BCUT2D eigenvalue weighted by Gasteiger charge is -2.28. The molecule has 1 atom stereocenters. The van der Waals surface area contributed by atoms with Gasteiger partial charge in [-0.05, 0) is 56.7 Å². The standard InChI is InChI=1S/C28H31BrN4O9/c1-5-39-24(35)15-42-20-10-8-19(29)11-18(20)13-30-33-23(34)14-41-21-9-7-17(12-22(21)38-4)26-25(27(36)40-6-2)16(3)31-28(37)32-26/h7-13,26H,5-6,14-15H2,1-4H3,(H,33,34)(H2,31,32,37)/b30-13+/t26-/m1/s1. The molecule has 14 heteroatoms. The van der Waals surface area contributed by atoms with E-state index in [0.717, 1.165) is 4.47 Å². The third-order valence-corrected chi connectivity index (χ3v) is 6.15. The van der Waals surface area contributed by atoms with Crippen LogP contribution in [-0.2, 0) is 23.9 Å². The number of carbonyl (C=O) groups excluding carboxylic acids is 4. The number of hydrogen-bond donors (Lipinski definition) is 3. The Kier molecular flexibility index (Phi) is 11.7. The fourth-order valence-electron chi connectivity index (χ4n) is 3.85. The number of hydrogen-bond acceptors (Lipinski definition) is 10. The molecule has 2 aromatic carbocycles. The van der Waals surface area contributed by atoms with Gasteiger partial charge in [-0.3, -0.25) is 4.79 Å². The van der Waals surface area contributed by atoms with E-state index in [1.807, 2.05) is 0 Å². The number of urea groups is 1. The number of allylic oxidation sites excluding steroid dienone is 1. The number of esters is 2. The van der Waals surface area contributed by atoms with Crippen molar-refractivity contribution in [2.24, 2.45) is 5.10 Å². The van der Waals surface area contributed by atoms with Crippen LogP contribution in [0, 0.1) is 0 Å². The molecule has 42 heavy (non-hydrogen) atoms. The van der Waals surface area contributed by atoms with Crippen LogP contribution in [0.4, 0.5) is 4.79 Å². The maximum atomic E-state index is 12.6. The van der Waals surface area contributed by atoms with Gasteiger partial charge in [0.2, 0.25) is 0 Å². The average Bonchev–Trinajstić information content (AvgIpc) is 2.95. The monoisotopic (exact) mass is 646 g/mol. The summed E-state index contributed by atoms with van der Waals surface area (Å²) in [6.07, 6.45) is 1.36. The number of hydrazone groups is 1. The summed E-state index contributed by atoms with van der Waals surface area (Å²) >= 11 is 3.36. The van der Waals surface area contributed by atoms with Gasteiger partial charge in [0.05, 0.1) is 38.2 Å². The molecule has 0 saturated heterocycles. The van der Waals surface area contributed by atoms with Gasteiger partial charge < -0.3 is 34.3 Å². The van der Waals surface area contributed by atoms with Crippen molar-refractivity contribution in [1.29, 1.82) is 0 Å². The summed E-state index contributed by atoms with van der Waals surface area (Å²) < 4.78 is 27.3. The number of halogens is 1. The first-order valence-electron chi connectivity index (χ1n) is 12.8. The van der Waals surface area contributed by atoms with Crippen LogP contribution in [-0.4, -0.2) is 63.6 Å². The minimum Gasteiger partial charge on any atom is -0.493 e. The Bertz CT molecular complexity index is 1390. The molecule has 0 saturated carbocycles. The molecule has 13 nitrogen and oxygen atoms in total. The lowest BCUT2D eigenvalue weighted by molar-refractivity contribution is -0.145. The normalized spacial score (nSPS) is 14.5. The second-order valence-electron chi connectivity index (χ2n) is 8.56. The van der Waals surface area contributed by atoms with Gasteiger partial charge in [-0.15, -0.1) is 0 Å². The number of nitrogens with zero attached hydrogens (tertiary/aromatic N) is 1. The molecule has 1 heterocycles. The van der Waals surface area contributed by atoms with Crippen LogP contribution in [0.25, 0.3) is 0 Å². The molecule has 0 unspecified atom stereocenters. The van der Waals surface area contributed by atoms with Crippen LogP contribution in [0.2, 0.25) is 0 Å². The quantitative estimate of drug-likeness (QED) is 0.169. The molecular weight excluding hydrogens is 616 g/mol. The average molecular weight is 647 g/mol. The van der Waals surface area contributed by atoms with Crippen molar-refractivity contribution in [2.75, 3.05) is 33.5 Å². The van der Waals surface area contributed by atoms with E-state index in [2.05, 4.69) is 37.1 Å². The fourth-order valence-corrected chi connectivity index (χ4v) is 4.23. The van der Waals surface area contributed by atoms with Crippen LogP contribution in [0.15, 0.2) is 57.2 Å². The number of methoxy groups -OCH3 is 1. The van der Waals surface area contributed by atoms with Crippen molar-refractivity contribution in [2.45, 2.75) is 26.8 Å². The fraction of sp³-hybridized carbons (Fsp3) is 0.321. The summed E-state index contributed by atoms with van der Waals surface area (Å²) in [5.74, 6) is -0.745. The van der Waals surface area contributed by atoms with Gasteiger partial charge in [0.25, 0.3) is 5.91 Å². The van der Waals surface area contributed by atoms with Crippen molar-refractivity contribution < 1.29 is 42.9 Å². The smallest absolute Gasteiger partial charge is 0.344 e. The Morgan fingerprint density at radius 3 is 2.43 bits per heavy atom. The van der Waals surface area contributed by atoms with Crippen molar-refractivity contribution in [3.8, 4) is 17.2 Å². The van der Waals surface area contributed by atoms with E-state index in [0.29, 0.717) is 22.6 Å². The Morgan fingerprint density at radius 2 is 1.71 bits per heavy atom. The van der Waals surface area contributed by atoms with Gasteiger partial charge >= 0.3 is 18.0 Å². The van der Waals surface area contributed by atoms with Gasteiger partial charge in [0.1, 0.15) is 5.75 Å². The highest BCUT2D eigenvalue weighted by molar-refractivity contribution is 9.10. The van der Waals surface area contributed by atoms with E-state index in [1.165, 1.54) is 13.3 Å². The molecule has 0 spiro atoms. The van der Waals surface area contributed by atoms with Gasteiger partial charge in [-0.2, -0.15) is 5.10 Å². The van der Waals surface area contributed by atoms with E-state index < -0.39 is 36.5 Å². The maximum absolute atomic E-state index is 12.6. The van der Waals surface area contributed by atoms with E-state index in [4.69, 9.17) is 23.7 Å². The van der Waals surface area contributed by atoms with E-state index in [-0.39, 0.29) is 36.9 Å². The molecule has 0 fully saturated rings. The molecule has 3 N–H and O–H groups in total.